The van der Waals surface area contributed by atoms with Crippen LogP contribution in [-0.2, 0) is 0 Å². The summed E-state index contributed by atoms with van der Waals surface area (Å²) in [5.41, 5.74) is 1.25. The van der Waals surface area contributed by atoms with Crippen LogP contribution in [0.3, 0.4) is 0 Å². The van der Waals surface area contributed by atoms with E-state index >= 15 is 0 Å². The second-order valence-corrected chi connectivity index (χ2v) is 8.69. The van der Waals surface area contributed by atoms with Crippen molar-refractivity contribution in [2.24, 2.45) is 5.92 Å². The van der Waals surface area contributed by atoms with Crippen LogP contribution in [0.25, 0.3) is 11.1 Å². The van der Waals surface area contributed by atoms with E-state index in [-0.39, 0.29) is 11.6 Å². The fourth-order valence-corrected chi connectivity index (χ4v) is 4.40. The van der Waals surface area contributed by atoms with Gasteiger partial charge in [-0.3, -0.25) is 0 Å². The molecular formula is C21H23F2N3S. The Balaban J connectivity index is 1.94. The SMILES string of the molecule is CC(C)Sc1ncccc1-c1cc(F)c(N2CCCC(CC#N)C2)c(F)c1. The average Bonchev–Trinajstić information content (AvgIpc) is 2.62. The number of benzene rings is 1. The van der Waals surface area contributed by atoms with Gasteiger partial charge in [-0.25, -0.2) is 13.8 Å². The third-order valence-electron chi connectivity index (χ3n) is 4.66. The van der Waals surface area contributed by atoms with Crippen LogP contribution in [0.5, 0.6) is 0 Å². The van der Waals surface area contributed by atoms with Gasteiger partial charge in [0.15, 0.2) is 0 Å². The van der Waals surface area contributed by atoms with Gasteiger partial charge in [0.2, 0.25) is 0 Å². The summed E-state index contributed by atoms with van der Waals surface area (Å²) in [6.07, 6.45) is 3.88. The van der Waals surface area contributed by atoms with Gasteiger partial charge in [0.05, 0.1) is 6.07 Å². The Morgan fingerprint density at radius 2 is 2.07 bits per heavy atom. The molecule has 1 saturated heterocycles. The normalized spacial score (nSPS) is 17.2. The first-order valence-corrected chi connectivity index (χ1v) is 10.1. The summed E-state index contributed by atoms with van der Waals surface area (Å²) >= 11 is 1.57. The number of aromatic nitrogens is 1. The zero-order valence-corrected chi connectivity index (χ0v) is 16.4. The molecule has 3 nitrogen and oxygen atoms in total. The summed E-state index contributed by atoms with van der Waals surface area (Å²) in [5, 5.41) is 10.00. The molecule has 0 aliphatic carbocycles. The Bertz CT molecular complexity index is 825. The summed E-state index contributed by atoms with van der Waals surface area (Å²) in [5.74, 6) is -0.964. The minimum Gasteiger partial charge on any atom is -0.366 e. The van der Waals surface area contributed by atoms with E-state index in [1.165, 1.54) is 12.1 Å². The maximum Gasteiger partial charge on any atom is 0.150 e. The molecule has 0 radical (unpaired) electrons. The maximum atomic E-state index is 14.9. The molecule has 3 rings (SSSR count). The number of halogens is 2. The van der Waals surface area contributed by atoms with Crippen molar-refractivity contribution in [3.8, 4) is 17.2 Å². The number of thioether (sulfide) groups is 1. The molecule has 1 aromatic heterocycles. The summed E-state index contributed by atoms with van der Waals surface area (Å²) in [4.78, 5) is 6.12. The van der Waals surface area contributed by atoms with Gasteiger partial charge in [-0.1, -0.05) is 19.9 Å². The number of nitrogens with zero attached hydrogens (tertiary/aromatic N) is 3. The third-order valence-corrected chi connectivity index (χ3v) is 5.68. The third kappa shape index (κ3) is 4.59. The first-order valence-electron chi connectivity index (χ1n) is 9.22. The lowest BCUT2D eigenvalue weighted by Gasteiger charge is -2.34. The van der Waals surface area contributed by atoms with Gasteiger partial charge >= 0.3 is 0 Å². The Morgan fingerprint density at radius 1 is 1.33 bits per heavy atom. The van der Waals surface area contributed by atoms with E-state index in [4.69, 9.17) is 5.26 Å². The average molecular weight is 387 g/mol. The minimum atomic E-state index is -0.563. The molecule has 1 aliphatic rings. The van der Waals surface area contributed by atoms with Gasteiger partial charge in [-0.05, 0) is 42.5 Å². The largest absolute Gasteiger partial charge is 0.366 e. The molecule has 142 valence electrons. The zero-order valence-electron chi connectivity index (χ0n) is 15.6. The highest BCUT2D eigenvalue weighted by atomic mass is 32.2. The topological polar surface area (TPSA) is 39.9 Å². The molecule has 1 aliphatic heterocycles. The molecule has 0 saturated carbocycles. The molecule has 2 heterocycles. The van der Waals surface area contributed by atoms with Gasteiger partial charge in [-0.15, -0.1) is 11.8 Å². The van der Waals surface area contributed by atoms with Gasteiger partial charge in [0.25, 0.3) is 0 Å². The van der Waals surface area contributed by atoms with E-state index in [9.17, 15) is 8.78 Å². The standard InChI is InChI=1S/C21H23F2N3S/c1-14(2)27-21-17(6-3-9-25-21)16-11-18(22)20(19(23)12-16)26-10-4-5-15(13-26)7-8-24/h3,6,9,11-12,14-15H,4-5,7,10,13H2,1-2H3. The van der Waals surface area contributed by atoms with Crippen molar-refractivity contribution in [3.05, 3.63) is 42.1 Å². The number of hydrogen-bond acceptors (Lipinski definition) is 4. The molecule has 1 unspecified atom stereocenters. The van der Waals surface area contributed by atoms with Crippen LogP contribution in [0.15, 0.2) is 35.5 Å². The Hall–Kier alpha value is -2.13. The molecule has 1 fully saturated rings. The predicted molar refractivity (Wildman–Crippen MR) is 106 cm³/mol. The van der Waals surface area contributed by atoms with Gasteiger partial charge in [0.1, 0.15) is 22.3 Å². The van der Waals surface area contributed by atoms with Gasteiger partial charge in [-0.2, -0.15) is 5.26 Å². The molecule has 0 bridgehead atoms. The summed E-state index contributed by atoms with van der Waals surface area (Å²) in [6.45, 7) is 5.24. The molecule has 0 spiro atoms. The van der Waals surface area contributed by atoms with Crippen molar-refractivity contribution >= 4 is 17.4 Å². The van der Waals surface area contributed by atoms with Crippen LogP contribution in [0.4, 0.5) is 14.5 Å². The lowest BCUT2D eigenvalue weighted by molar-refractivity contribution is 0.413. The lowest BCUT2D eigenvalue weighted by atomic mass is 9.94. The maximum absolute atomic E-state index is 14.9. The van der Waals surface area contributed by atoms with Gasteiger partial charge in [0, 0.05) is 36.5 Å². The van der Waals surface area contributed by atoms with Crippen LogP contribution in [0.1, 0.15) is 33.1 Å². The first-order chi connectivity index (χ1) is 13.0. The summed E-state index contributed by atoms with van der Waals surface area (Å²) < 4.78 is 29.8. The predicted octanol–water partition coefficient (Wildman–Crippen LogP) is 5.66. The number of piperidine rings is 1. The number of rotatable bonds is 5. The van der Waals surface area contributed by atoms with Gasteiger partial charge < -0.3 is 4.90 Å². The van der Waals surface area contributed by atoms with Crippen LogP contribution in [-0.4, -0.2) is 23.3 Å². The molecule has 1 aromatic carbocycles. The highest BCUT2D eigenvalue weighted by Crippen LogP contribution is 2.36. The van der Waals surface area contributed by atoms with E-state index < -0.39 is 11.6 Å². The molecule has 6 heteroatoms. The fourth-order valence-electron chi connectivity index (χ4n) is 3.51. The Morgan fingerprint density at radius 3 is 2.74 bits per heavy atom. The Labute approximate surface area is 163 Å². The number of pyridine rings is 1. The van der Waals surface area contributed by atoms with E-state index in [1.54, 1.807) is 28.9 Å². The first kappa shape index (κ1) is 19.6. The van der Waals surface area contributed by atoms with Crippen LogP contribution < -0.4 is 4.90 Å². The van der Waals surface area contributed by atoms with Crippen molar-refractivity contribution in [3.63, 3.8) is 0 Å². The summed E-state index contributed by atoms with van der Waals surface area (Å²) in [6, 6.07) is 8.58. The van der Waals surface area contributed by atoms with Crippen molar-refractivity contribution in [1.82, 2.24) is 4.98 Å². The second-order valence-electron chi connectivity index (χ2n) is 7.13. The second kappa shape index (κ2) is 8.71. The fraction of sp³-hybridized carbons (Fsp3) is 0.429. The monoisotopic (exact) mass is 387 g/mol. The van der Waals surface area contributed by atoms with Crippen molar-refractivity contribution in [2.75, 3.05) is 18.0 Å². The number of nitriles is 1. The molecule has 0 N–H and O–H groups in total. The Kier molecular flexibility index (Phi) is 6.33. The van der Waals surface area contributed by atoms with E-state index in [0.29, 0.717) is 30.3 Å². The van der Waals surface area contributed by atoms with Crippen molar-refractivity contribution in [2.45, 2.75) is 43.4 Å². The van der Waals surface area contributed by atoms with Crippen LogP contribution in [0, 0.1) is 28.9 Å². The molecule has 1 atom stereocenters. The zero-order chi connectivity index (χ0) is 19.4. The number of anilines is 1. The molecule has 2 aromatic rings. The lowest BCUT2D eigenvalue weighted by Crippen LogP contribution is -2.36. The van der Waals surface area contributed by atoms with Crippen molar-refractivity contribution in [1.29, 1.82) is 5.26 Å². The quantitative estimate of drug-likeness (QED) is 0.621. The molecule has 27 heavy (non-hydrogen) atoms. The highest BCUT2D eigenvalue weighted by molar-refractivity contribution is 7.99. The van der Waals surface area contributed by atoms with Crippen LogP contribution in [0.2, 0.25) is 0 Å². The summed E-state index contributed by atoms with van der Waals surface area (Å²) in [7, 11) is 0. The molecular weight excluding hydrogens is 364 g/mol. The molecule has 0 amide bonds. The van der Waals surface area contributed by atoms with E-state index in [0.717, 1.165) is 23.4 Å². The highest BCUT2D eigenvalue weighted by Gasteiger charge is 2.25. The minimum absolute atomic E-state index is 0.0170. The van der Waals surface area contributed by atoms with Crippen LogP contribution >= 0.6 is 11.8 Å². The van der Waals surface area contributed by atoms with Crippen molar-refractivity contribution < 1.29 is 8.78 Å². The smallest absolute Gasteiger partial charge is 0.150 e. The van der Waals surface area contributed by atoms with E-state index in [2.05, 4.69) is 24.9 Å². The van der Waals surface area contributed by atoms with E-state index in [1.807, 2.05) is 6.07 Å². The number of hydrogen-bond donors (Lipinski definition) is 0.